The van der Waals surface area contributed by atoms with Crippen LogP contribution in [0, 0.1) is 5.92 Å². The quantitative estimate of drug-likeness (QED) is 0.574. The third kappa shape index (κ3) is 8.14. The van der Waals surface area contributed by atoms with Crippen LogP contribution in [0.3, 0.4) is 0 Å². The van der Waals surface area contributed by atoms with E-state index in [2.05, 4.69) is 15.5 Å². The van der Waals surface area contributed by atoms with Gasteiger partial charge in [-0.3, -0.25) is 14.5 Å². The predicted octanol–water partition coefficient (Wildman–Crippen LogP) is 1.76. The minimum absolute atomic E-state index is 0. The van der Waals surface area contributed by atoms with Gasteiger partial charge in [0.05, 0.1) is 19.3 Å². The smallest absolute Gasteiger partial charge is 0.237 e. The molecule has 0 saturated carbocycles. The van der Waals surface area contributed by atoms with Crippen LogP contribution >= 0.6 is 12.4 Å². The zero-order valence-electron chi connectivity index (χ0n) is 16.8. The van der Waals surface area contributed by atoms with Gasteiger partial charge in [0.2, 0.25) is 11.8 Å². The third-order valence-corrected chi connectivity index (χ3v) is 5.00. The van der Waals surface area contributed by atoms with E-state index in [1.54, 1.807) is 0 Å². The summed E-state index contributed by atoms with van der Waals surface area (Å²) >= 11 is 0. The molecule has 1 aliphatic rings. The summed E-state index contributed by atoms with van der Waals surface area (Å²) in [6.45, 7) is 8.33. The summed E-state index contributed by atoms with van der Waals surface area (Å²) in [6, 6.07) is 7.01. The van der Waals surface area contributed by atoms with Crippen molar-refractivity contribution in [1.29, 1.82) is 0 Å². The predicted molar refractivity (Wildman–Crippen MR) is 113 cm³/mol. The molecule has 28 heavy (non-hydrogen) atoms. The highest BCUT2D eigenvalue weighted by Crippen LogP contribution is 2.12. The minimum Gasteiger partial charge on any atom is -0.379 e. The Bertz CT molecular complexity index is 623. The number of hydrogen-bond donors (Lipinski definition) is 3. The topological polar surface area (TPSA) is 96.7 Å². The second kappa shape index (κ2) is 12.7. The minimum atomic E-state index is -0.502. The van der Waals surface area contributed by atoms with E-state index in [-0.39, 0.29) is 30.1 Å². The Hall–Kier alpha value is -1.67. The highest BCUT2D eigenvalue weighted by molar-refractivity contribution is 5.90. The molecule has 7 nitrogen and oxygen atoms in total. The van der Waals surface area contributed by atoms with E-state index in [1.165, 1.54) is 0 Å². The largest absolute Gasteiger partial charge is 0.379 e. The zero-order chi connectivity index (χ0) is 19.6. The van der Waals surface area contributed by atoms with Crippen molar-refractivity contribution in [2.75, 3.05) is 38.2 Å². The van der Waals surface area contributed by atoms with Crippen LogP contribution in [0.1, 0.15) is 32.3 Å². The van der Waals surface area contributed by atoms with E-state index in [1.807, 2.05) is 38.1 Å². The molecule has 1 heterocycles. The Balaban J connectivity index is 0.00000392. The van der Waals surface area contributed by atoms with Crippen LogP contribution in [-0.4, -0.2) is 55.6 Å². The second-order valence-electron chi connectivity index (χ2n) is 7.08. The molecule has 0 spiro atoms. The maximum Gasteiger partial charge on any atom is 0.237 e. The van der Waals surface area contributed by atoms with Crippen molar-refractivity contribution >= 4 is 29.9 Å². The maximum atomic E-state index is 12.2. The molecule has 158 valence electrons. The van der Waals surface area contributed by atoms with E-state index >= 15 is 0 Å². The first-order chi connectivity index (χ1) is 13.0. The van der Waals surface area contributed by atoms with Gasteiger partial charge in [0, 0.05) is 38.3 Å². The van der Waals surface area contributed by atoms with Gasteiger partial charge in [0.25, 0.3) is 0 Å². The number of nitrogens with two attached hydrogens (primary N) is 1. The molecule has 0 aliphatic carbocycles. The number of ether oxygens (including phenoxy) is 1. The second-order valence-corrected chi connectivity index (χ2v) is 7.08. The number of nitrogens with one attached hydrogen (secondary N) is 2. The molecule has 4 N–H and O–H groups in total. The number of amides is 2. The van der Waals surface area contributed by atoms with Crippen LogP contribution in [0.2, 0.25) is 0 Å². The molecule has 1 aromatic carbocycles. The Morgan fingerprint density at radius 3 is 2.68 bits per heavy atom. The number of benzene rings is 1. The van der Waals surface area contributed by atoms with Crippen molar-refractivity contribution in [2.24, 2.45) is 11.7 Å². The van der Waals surface area contributed by atoms with E-state index in [4.69, 9.17) is 10.5 Å². The Kier molecular flexibility index (Phi) is 11.1. The first kappa shape index (κ1) is 24.4. The van der Waals surface area contributed by atoms with Gasteiger partial charge in [-0.05, 0) is 23.6 Å². The summed E-state index contributed by atoms with van der Waals surface area (Å²) < 4.78 is 5.31. The molecule has 1 fully saturated rings. The molecule has 2 amide bonds. The SMILES string of the molecule is CCC(C)C(N)C(=O)NCc1cccc(NC(=O)CCN2CCOCC2)c1.Cl. The van der Waals surface area contributed by atoms with Gasteiger partial charge in [-0.15, -0.1) is 12.4 Å². The number of morpholine rings is 1. The fourth-order valence-electron chi connectivity index (χ4n) is 2.89. The molecular weight excluding hydrogens is 380 g/mol. The van der Waals surface area contributed by atoms with Crippen LogP contribution in [0.4, 0.5) is 5.69 Å². The van der Waals surface area contributed by atoms with E-state index in [0.29, 0.717) is 13.0 Å². The Morgan fingerprint density at radius 1 is 1.29 bits per heavy atom. The van der Waals surface area contributed by atoms with Crippen LogP contribution < -0.4 is 16.4 Å². The van der Waals surface area contributed by atoms with Gasteiger partial charge >= 0.3 is 0 Å². The van der Waals surface area contributed by atoms with E-state index in [0.717, 1.165) is 50.5 Å². The van der Waals surface area contributed by atoms with Crippen molar-refractivity contribution in [3.63, 3.8) is 0 Å². The summed E-state index contributed by atoms with van der Waals surface area (Å²) in [5.74, 6) is -0.0205. The zero-order valence-corrected chi connectivity index (χ0v) is 17.6. The lowest BCUT2D eigenvalue weighted by atomic mass is 9.99. The molecular formula is C20H33ClN4O3. The van der Waals surface area contributed by atoms with Crippen LogP contribution in [-0.2, 0) is 20.9 Å². The average Bonchev–Trinajstić information content (AvgIpc) is 2.70. The van der Waals surface area contributed by atoms with Crippen molar-refractivity contribution in [1.82, 2.24) is 10.2 Å². The maximum absolute atomic E-state index is 12.2. The number of hydrogen-bond acceptors (Lipinski definition) is 5. The standard InChI is InChI=1S/C20H32N4O3.ClH/c1-3-15(2)19(21)20(26)22-14-16-5-4-6-17(13-16)23-18(25)7-8-24-9-11-27-12-10-24;/h4-6,13,15,19H,3,7-12,14,21H2,1-2H3,(H,22,26)(H,23,25);1H. The number of rotatable bonds is 9. The highest BCUT2D eigenvalue weighted by atomic mass is 35.5. The number of halogens is 1. The molecule has 2 rings (SSSR count). The lowest BCUT2D eigenvalue weighted by molar-refractivity contribution is -0.123. The molecule has 0 bridgehead atoms. The summed E-state index contributed by atoms with van der Waals surface area (Å²) in [5, 5.41) is 5.79. The van der Waals surface area contributed by atoms with Crippen molar-refractivity contribution < 1.29 is 14.3 Å². The summed E-state index contributed by atoms with van der Waals surface area (Å²) in [7, 11) is 0. The monoisotopic (exact) mass is 412 g/mol. The fourth-order valence-corrected chi connectivity index (χ4v) is 2.89. The van der Waals surface area contributed by atoms with Crippen molar-refractivity contribution in [3.05, 3.63) is 29.8 Å². The first-order valence-corrected chi connectivity index (χ1v) is 9.71. The molecule has 0 aromatic heterocycles. The van der Waals surface area contributed by atoms with Gasteiger partial charge < -0.3 is 21.1 Å². The van der Waals surface area contributed by atoms with Crippen LogP contribution in [0.15, 0.2) is 24.3 Å². The molecule has 0 radical (unpaired) electrons. The lowest BCUT2D eigenvalue weighted by Gasteiger charge is -2.26. The molecule has 2 atom stereocenters. The molecule has 8 heteroatoms. The normalized spacial score (nSPS) is 16.5. The van der Waals surface area contributed by atoms with Gasteiger partial charge in [-0.1, -0.05) is 32.4 Å². The summed E-state index contributed by atoms with van der Waals surface area (Å²) in [5.41, 5.74) is 7.60. The molecule has 1 aromatic rings. The fraction of sp³-hybridized carbons (Fsp3) is 0.600. The average molecular weight is 413 g/mol. The van der Waals surface area contributed by atoms with E-state index < -0.39 is 6.04 Å². The molecule has 1 saturated heterocycles. The van der Waals surface area contributed by atoms with Crippen molar-refractivity contribution in [2.45, 2.75) is 39.3 Å². The number of nitrogens with zero attached hydrogens (tertiary/aromatic N) is 1. The van der Waals surface area contributed by atoms with Crippen molar-refractivity contribution in [3.8, 4) is 0 Å². The summed E-state index contributed by atoms with van der Waals surface area (Å²) in [6.07, 6.45) is 1.31. The summed E-state index contributed by atoms with van der Waals surface area (Å²) in [4.78, 5) is 26.5. The Morgan fingerprint density at radius 2 is 2.00 bits per heavy atom. The van der Waals surface area contributed by atoms with Gasteiger partial charge in [-0.2, -0.15) is 0 Å². The Labute approximate surface area is 173 Å². The van der Waals surface area contributed by atoms with Crippen LogP contribution in [0.25, 0.3) is 0 Å². The lowest BCUT2D eigenvalue weighted by Crippen LogP contribution is -2.44. The van der Waals surface area contributed by atoms with E-state index in [9.17, 15) is 9.59 Å². The van der Waals surface area contributed by atoms with Gasteiger partial charge in [-0.25, -0.2) is 0 Å². The molecule has 1 aliphatic heterocycles. The number of carbonyl (C=O) groups excluding carboxylic acids is 2. The highest BCUT2D eigenvalue weighted by Gasteiger charge is 2.19. The number of carbonyl (C=O) groups is 2. The van der Waals surface area contributed by atoms with Gasteiger partial charge in [0.15, 0.2) is 0 Å². The molecule has 2 unspecified atom stereocenters. The van der Waals surface area contributed by atoms with Crippen LogP contribution in [0.5, 0.6) is 0 Å². The number of anilines is 1. The first-order valence-electron chi connectivity index (χ1n) is 9.71. The third-order valence-electron chi connectivity index (χ3n) is 5.00. The van der Waals surface area contributed by atoms with Gasteiger partial charge in [0.1, 0.15) is 0 Å².